The van der Waals surface area contributed by atoms with Gasteiger partial charge in [0.25, 0.3) is 0 Å². The minimum Gasteiger partial charge on any atom is -0.493 e. The molecule has 25 heavy (non-hydrogen) atoms. The van der Waals surface area contributed by atoms with Crippen LogP contribution in [0.25, 0.3) is 0 Å². The van der Waals surface area contributed by atoms with Crippen molar-refractivity contribution in [2.24, 2.45) is 11.0 Å². The van der Waals surface area contributed by atoms with Gasteiger partial charge < -0.3 is 19.5 Å². The second kappa shape index (κ2) is 8.38. The van der Waals surface area contributed by atoms with Crippen molar-refractivity contribution in [3.05, 3.63) is 17.7 Å². The third-order valence-electron chi connectivity index (χ3n) is 4.66. The van der Waals surface area contributed by atoms with Gasteiger partial charge in [-0.1, -0.05) is 19.8 Å². The Labute approximate surface area is 153 Å². The van der Waals surface area contributed by atoms with Crippen LogP contribution in [0.3, 0.4) is 0 Å². The average Bonchev–Trinajstić information content (AvgIpc) is 2.63. The largest absolute Gasteiger partial charge is 0.493 e. The van der Waals surface area contributed by atoms with E-state index in [-0.39, 0.29) is 0 Å². The van der Waals surface area contributed by atoms with Crippen molar-refractivity contribution in [1.29, 1.82) is 0 Å². The minimum atomic E-state index is 0.429. The quantitative estimate of drug-likeness (QED) is 0.487. The number of hydrogen-bond donors (Lipinski definition) is 2. The van der Waals surface area contributed by atoms with E-state index in [9.17, 15) is 0 Å². The zero-order valence-electron chi connectivity index (χ0n) is 14.7. The van der Waals surface area contributed by atoms with Crippen LogP contribution in [-0.2, 0) is 0 Å². The number of thiocarbonyl (C=S) groups is 1. The lowest BCUT2D eigenvalue weighted by atomic mass is 9.86. The summed E-state index contributed by atoms with van der Waals surface area (Å²) in [5, 5.41) is 8.15. The highest BCUT2D eigenvalue weighted by Crippen LogP contribution is 2.39. The normalized spacial score (nSPS) is 22.5. The lowest BCUT2D eigenvalue weighted by Gasteiger charge is -2.30. The summed E-state index contributed by atoms with van der Waals surface area (Å²) in [4.78, 5) is 0. The first-order chi connectivity index (χ1) is 12.2. The minimum absolute atomic E-state index is 0.429. The van der Waals surface area contributed by atoms with Crippen LogP contribution in [0.15, 0.2) is 17.2 Å². The number of rotatable bonds is 4. The Morgan fingerprint density at radius 1 is 1.28 bits per heavy atom. The van der Waals surface area contributed by atoms with Gasteiger partial charge >= 0.3 is 0 Å². The predicted molar refractivity (Wildman–Crippen MR) is 102 cm³/mol. The van der Waals surface area contributed by atoms with Gasteiger partial charge in [-0.25, -0.2) is 0 Å². The Kier molecular flexibility index (Phi) is 5.96. The van der Waals surface area contributed by atoms with Crippen molar-refractivity contribution in [1.82, 2.24) is 10.7 Å². The molecule has 2 atom stereocenters. The van der Waals surface area contributed by atoms with Crippen LogP contribution in [0, 0.1) is 5.92 Å². The zero-order chi connectivity index (χ0) is 17.6. The number of ether oxygens (including phenoxy) is 3. The van der Waals surface area contributed by atoms with Gasteiger partial charge in [-0.05, 0) is 43.1 Å². The summed E-state index contributed by atoms with van der Waals surface area (Å²) in [5.74, 6) is 2.58. The van der Waals surface area contributed by atoms with Crippen molar-refractivity contribution in [3.63, 3.8) is 0 Å². The number of methoxy groups -OCH3 is 1. The molecule has 1 aromatic rings. The topological polar surface area (TPSA) is 64.1 Å². The Bertz CT molecular complexity index is 633. The summed E-state index contributed by atoms with van der Waals surface area (Å²) >= 11 is 5.34. The molecule has 1 aliphatic heterocycles. The SMILES string of the molecule is COc1cc(/C=N\NC(=S)N[C@H]2CCCC[C@H]2C)cc2c1OCCO2. The van der Waals surface area contributed by atoms with E-state index < -0.39 is 0 Å². The summed E-state index contributed by atoms with van der Waals surface area (Å²) in [7, 11) is 1.61. The van der Waals surface area contributed by atoms with Crippen molar-refractivity contribution < 1.29 is 14.2 Å². The van der Waals surface area contributed by atoms with Crippen LogP contribution >= 0.6 is 12.2 Å². The molecule has 2 aliphatic rings. The number of nitrogens with zero attached hydrogens (tertiary/aromatic N) is 1. The fraction of sp³-hybridized carbons (Fsp3) is 0.556. The number of nitrogens with one attached hydrogen (secondary N) is 2. The molecule has 7 heteroatoms. The second-order valence-electron chi connectivity index (χ2n) is 6.46. The summed E-state index contributed by atoms with van der Waals surface area (Å²) in [5.41, 5.74) is 3.74. The molecule has 136 valence electrons. The van der Waals surface area contributed by atoms with Crippen molar-refractivity contribution >= 4 is 23.5 Å². The van der Waals surface area contributed by atoms with Crippen LogP contribution in [-0.4, -0.2) is 37.7 Å². The Morgan fingerprint density at radius 3 is 2.88 bits per heavy atom. The highest BCUT2D eigenvalue weighted by molar-refractivity contribution is 7.80. The molecule has 1 fully saturated rings. The lowest BCUT2D eigenvalue weighted by molar-refractivity contribution is 0.165. The van der Waals surface area contributed by atoms with Gasteiger partial charge in [-0.15, -0.1) is 0 Å². The fourth-order valence-corrected chi connectivity index (χ4v) is 3.47. The third-order valence-corrected chi connectivity index (χ3v) is 4.87. The van der Waals surface area contributed by atoms with Crippen molar-refractivity contribution in [2.45, 2.75) is 38.6 Å². The number of benzene rings is 1. The molecular formula is C18H25N3O3S. The highest BCUT2D eigenvalue weighted by Gasteiger charge is 2.21. The smallest absolute Gasteiger partial charge is 0.203 e. The monoisotopic (exact) mass is 363 g/mol. The molecule has 0 amide bonds. The van der Waals surface area contributed by atoms with E-state index in [1.54, 1.807) is 13.3 Å². The molecule has 1 heterocycles. The Morgan fingerprint density at radius 2 is 2.08 bits per heavy atom. The molecule has 1 saturated carbocycles. The maximum absolute atomic E-state index is 5.62. The maximum atomic E-state index is 5.62. The standard InChI is InChI=1S/C18H25N3O3S/c1-12-5-3-4-6-14(12)20-18(25)21-19-11-13-9-15(22-2)17-16(10-13)23-7-8-24-17/h9-12,14H,3-8H2,1-2H3,(H2,20,21,25)/b19-11-/t12-,14+/m1/s1. The summed E-state index contributed by atoms with van der Waals surface area (Å²) in [6.45, 7) is 3.32. The first kappa shape index (κ1) is 17.8. The molecular weight excluding hydrogens is 338 g/mol. The first-order valence-corrected chi connectivity index (χ1v) is 9.15. The average molecular weight is 363 g/mol. The lowest BCUT2D eigenvalue weighted by Crippen LogP contribution is -2.44. The molecule has 3 rings (SSSR count). The number of fused-ring (bicyclic) bond motifs is 1. The van der Waals surface area contributed by atoms with E-state index in [0.717, 1.165) is 12.0 Å². The fourth-order valence-electron chi connectivity index (χ4n) is 3.26. The van der Waals surface area contributed by atoms with E-state index in [2.05, 4.69) is 22.8 Å². The molecule has 0 aromatic heterocycles. The van der Waals surface area contributed by atoms with Gasteiger partial charge in [-0.2, -0.15) is 5.10 Å². The van der Waals surface area contributed by atoms with Crippen LogP contribution in [0.4, 0.5) is 0 Å². The summed E-state index contributed by atoms with van der Waals surface area (Å²) in [6.07, 6.45) is 6.67. The molecule has 1 aliphatic carbocycles. The summed E-state index contributed by atoms with van der Waals surface area (Å²) in [6, 6.07) is 4.17. The predicted octanol–water partition coefficient (Wildman–Crippen LogP) is 2.84. The van der Waals surface area contributed by atoms with Gasteiger partial charge in [0.2, 0.25) is 5.75 Å². The van der Waals surface area contributed by atoms with Crippen LogP contribution in [0.2, 0.25) is 0 Å². The Balaban J connectivity index is 1.59. The van der Waals surface area contributed by atoms with Gasteiger partial charge in [0.05, 0.1) is 13.3 Å². The van der Waals surface area contributed by atoms with Crippen molar-refractivity contribution in [3.8, 4) is 17.2 Å². The first-order valence-electron chi connectivity index (χ1n) is 8.74. The molecule has 0 saturated heterocycles. The van der Waals surface area contributed by atoms with E-state index >= 15 is 0 Å². The van der Waals surface area contributed by atoms with Crippen LogP contribution in [0.1, 0.15) is 38.2 Å². The van der Waals surface area contributed by atoms with Gasteiger partial charge in [0.1, 0.15) is 13.2 Å². The van der Waals surface area contributed by atoms with Gasteiger partial charge in [-0.3, -0.25) is 5.43 Å². The molecule has 6 nitrogen and oxygen atoms in total. The zero-order valence-corrected chi connectivity index (χ0v) is 15.5. The second-order valence-corrected chi connectivity index (χ2v) is 6.87. The maximum Gasteiger partial charge on any atom is 0.203 e. The van der Waals surface area contributed by atoms with E-state index in [4.69, 9.17) is 26.4 Å². The number of hydrazone groups is 1. The highest BCUT2D eigenvalue weighted by atomic mass is 32.1. The van der Waals surface area contributed by atoms with Crippen LogP contribution < -0.4 is 25.0 Å². The number of hydrogen-bond acceptors (Lipinski definition) is 5. The van der Waals surface area contributed by atoms with E-state index in [1.165, 1.54) is 19.3 Å². The molecule has 0 spiro atoms. The Hall–Kier alpha value is -2.02. The third kappa shape index (κ3) is 4.54. The van der Waals surface area contributed by atoms with Gasteiger partial charge in [0, 0.05) is 11.6 Å². The molecule has 0 radical (unpaired) electrons. The van der Waals surface area contributed by atoms with Crippen molar-refractivity contribution in [2.75, 3.05) is 20.3 Å². The molecule has 0 bridgehead atoms. The van der Waals surface area contributed by atoms with E-state index in [0.29, 0.717) is 47.5 Å². The van der Waals surface area contributed by atoms with E-state index in [1.807, 2.05) is 12.1 Å². The van der Waals surface area contributed by atoms with Crippen LogP contribution in [0.5, 0.6) is 17.2 Å². The summed E-state index contributed by atoms with van der Waals surface area (Å²) < 4.78 is 16.6. The molecule has 1 aromatic carbocycles. The molecule has 2 N–H and O–H groups in total. The van der Waals surface area contributed by atoms with Gasteiger partial charge in [0.15, 0.2) is 16.6 Å². The molecule has 0 unspecified atom stereocenters.